The van der Waals surface area contributed by atoms with Crippen molar-refractivity contribution in [3.63, 3.8) is 0 Å². The van der Waals surface area contributed by atoms with Gasteiger partial charge in [-0.1, -0.05) is 13.8 Å². The van der Waals surface area contributed by atoms with Gasteiger partial charge in [-0.05, 0) is 68.7 Å². The SMILES string of the molecule is CCC1(CC)CCN(C(=O)CC2CCC(CN)CC2)C1. The number of hydrogen-bond donors (Lipinski definition) is 1. The van der Waals surface area contributed by atoms with Gasteiger partial charge in [0, 0.05) is 19.5 Å². The van der Waals surface area contributed by atoms with Crippen molar-refractivity contribution in [3.05, 3.63) is 0 Å². The zero-order valence-electron chi connectivity index (χ0n) is 13.4. The van der Waals surface area contributed by atoms with E-state index in [-0.39, 0.29) is 0 Å². The van der Waals surface area contributed by atoms with Crippen LogP contribution in [0.2, 0.25) is 0 Å². The highest BCUT2D eigenvalue weighted by Crippen LogP contribution is 2.38. The van der Waals surface area contributed by atoms with Crippen LogP contribution >= 0.6 is 0 Å². The van der Waals surface area contributed by atoms with Crippen LogP contribution in [0.3, 0.4) is 0 Å². The van der Waals surface area contributed by atoms with Gasteiger partial charge < -0.3 is 10.6 Å². The van der Waals surface area contributed by atoms with Gasteiger partial charge in [0.1, 0.15) is 0 Å². The average Bonchev–Trinajstić information content (AvgIpc) is 2.93. The third-order valence-corrected chi connectivity index (χ3v) is 6.05. The summed E-state index contributed by atoms with van der Waals surface area (Å²) in [4.78, 5) is 14.6. The molecule has 0 bridgehead atoms. The summed E-state index contributed by atoms with van der Waals surface area (Å²) in [5.41, 5.74) is 6.14. The standard InChI is InChI=1S/C17H32N2O/c1-3-17(4-2)9-10-19(13-17)16(20)11-14-5-7-15(12-18)8-6-14/h14-15H,3-13,18H2,1-2H3. The Kier molecular flexibility index (Phi) is 5.48. The Morgan fingerprint density at radius 3 is 2.25 bits per heavy atom. The van der Waals surface area contributed by atoms with Crippen LogP contribution in [-0.4, -0.2) is 30.4 Å². The van der Waals surface area contributed by atoms with Gasteiger partial charge in [0.25, 0.3) is 0 Å². The maximum atomic E-state index is 12.5. The van der Waals surface area contributed by atoms with Crippen molar-refractivity contribution in [1.82, 2.24) is 4.90 Å². The topological polar surface area (TPSA) is 46.3 Å². The van der Waals surface area contributed by atoms with Crippen LogP contribution in [0.25, 0.3) is 0 Å². The lowest BCUT2D eigenvalue weighted by molar-refractivity contribution is -0.131. The van der Waals surface area contributed by atoms with Crippen molar-refractivity contribution >= 4 is 5.91 Å². The van der Waals surface area contributed by atoms with E-state index < -0.39 is 0 Å². The number of hydrogen-bond acceptors (Lipinski definition) is 2. The quantitative estimate of drug-likeness (QED) is 0.840. The van der Waals surface area contributed by atoms with E-state index in [0.29, 0.717) is 23.2 Å². The zero-order valence-corrected chi connectivity index (χ0v) is 13.4. The molecule has 0 unspecified atom stereocenters. The van der Waals surface area contributed by atoms with E-state index in [1.807, 2.05) is 0 Å². The molecule has 2 fully saturated rings. The van der Waals surface area contributed by atoms with Gasteiger partial charge in [0.05, 0.1) is 0 Å². The predicted octanol–water partition coefficient (Wildman–Crippen LogP) is 3.18. The Morgan fingerprint density at radius 2 is 1.75 bits per heavy atom. The van der Waals surface area contributed by atoms with E-state index in [9.17, 15) is 4.79 Å². The van der Waals surface area contributed by atoms with Crippen LogP contribution in [0.4, 0.5) is 0 Å². The number of rotatable bonds is 5. The number of amides is 1. The van der Waals surface area contributed by atoms with E-state index in [4.69, 9.17) is 5.73 Å². The smallest absolute Gasteiger partial charge is 0.222 e. The van der Waals surface area contributed by atoms with Crippen LogP contribution in [-0.2, 0) is 4.79 Å². The molecule has 2 N–H and O–H groups in total. The summed E-state index contributed by atoms with van der Waals surface area (Å²) >= 11 is 0. The fourth-order valence-corrected chi connectivity index (χ4v) is 4.02. The predicted molar refractivity (Wildman–Crippen MR) is 83.3 cm³/mol. The van der Waals surface area contributed by atoms with E-state index in [1.165, 1.54) is 44.9 Å². The highest BCUT2D eigenvalue weighted by atomic mass is 16.2. The van der Waals surface area contributed by atoms with Crippen LogP contribution < -0.4 is 5.73 Å². The summed E-state index contributed by atoms with van der Waals surface area (Å²) in [6.45, 7) is 7.34. The number of nitrogens with two attached hydrogens (primary N) is 1. The maximum absolute atomic E-state index is 12.5. The summed E-state index contributed by atoms with van der Waals surface area (Å²) in [5.74, 6) is 1.73. The lowest BCUT2D eigenvalue weighted by atomic mass is 9.80. The molecule has 0 atom stereocenters. The summed E-state index contributed by atoms with van der Waals surface area (Å²) in [6, 6.07) is 0. The van der Waals surface area contributed by atoms with Crippen molar-refractivity contribution in [1.29, 1.82) is 0 Å². The zero-order chi connectivity index (χ0) is 14.6. The summed E-state index contributed by atoms with van der Waals surface area (Å²) in [6.07, 6.45) is 9.24. The minimum absolute atomic E-state index is 0.407. The molecule has 2 rings (SSSR count). The number of carbonyl (C=O) groups is 1. The average molecular weight is 280 g/mol. The van der Waals surface area contributed by atoms with Crippen molar-refractivity contribution < 1.29 is 4.79 Å². The highest BCUT2D eigenvalue weighted by molar-refractivity contribution is 5.76. The molecule has 1 aliphatic carbocycles. The molecular weight excluding hydrogens is 248 g/mol. The number of nitrogens with zero attached hydrogens (tertiary/aromatic N) is 1. The lowest BCUT2D eigenvalue weighted by Crippen LogP contribution is -2.33. The van der Waals surface area contributed by atoms with Crippen molar-refractivity contribution in [2.75, 3.05) is 19.6 Å². The number of carbonyl (C=O) groups excluding carboxylic acids is 1. The summed E-state index contributed by atoms with van der Waals surface area (Å²) in [7, 11) is 0. The van der Waals surface area contributed by atoms with Crippen LogP contribution in [0.15, 0.2) is 0 Å². The normalized spacial score (nSPS) is 29.6. The minimum Gasteiger partial charge on any atom is -0.342 e. The van der Waals surface area contributed by atoms with E-state index in [0.717, 1.165) is 26.1 Å². The monoisotopic (exact) mass is 280 g/mol. The molecule has 1 saturated heterocycles. The molecule has 3 nitrogen and oxygen atoms in total. The molecule has 1 aliphatic heterocycles. The van der Waals surface area contributed by atoms with Gasteiger partial charge in [-0.2, -0.15) is 0 Å². The molecule has 0 aromatic rings. The van der Waals surface area contributed by atoms with Gasteiger partial charge in [-0.3, -0.25) is 4.79 Å². The molecule has 2 aliphatic rings. The summed E-state index contributed by atoms with van der Waals surface area (Å²) < 4.78 is 0. The molecular formula is C17H32N2O. The Bertz CT molecular complexity index is 317. The van der Waals surface area contributed by atoms with Gasteiger partial charge in [-0.25, -0.2) is 0 Å². The first-order valence-corrected chi connectivity index (χ1v) is 8.60. The van der Waals surface area contributed by atoms with E-state index >= 15 is 0 Å². The Hall–Kier alpha value is -0.570. The first-order chi connectivity index (χ1) is 9.62. The molecule has 0 aromatic carbocycles. The van der Waals surface area contributed by atoms with Gasteiger partial charge in [0.2, 0.25) is 5.91 Å². The second-order valence-electron chi connectivity index (χ2n) is 7.10. The minimum atomic E-state index is 0.407. The molecule has 0 spiro atoms. The molecule has 1 heterocycles. The fraction of sp³-hybridized carbons (Fsp3) is 0.941. The Labute approximate surface area is 124 Å². The number of likely N-dealkylation sites (tertiary alicyclic amines) is 1. The molecule has 116 valence electrons. The van der Waals surface area contributed by atoms with Gasteiger partial charge in [-0.15, -0.1) is 0 Å². The lowest BCUT2D eigenvalue weighted by Gasteiger charge is -2.29. The summed E-state index contributed by atoms with van der Waals surface area (Å²) in [5, 5.41) is 0. The first-order valence-electron chi connectivity index (χ1n) is 8.60. The Morgan fingerprint density at radius 1 is 1.15 bits per heavy atom. The third kappa shape index (κ3) is 3.55. The van der Waals surface area contributed by atoms with Crippen molar-refractivity contribution in [2.24, 2.45) is 23.0 Å². The van der Waals surface area contributed by atoms with Crippen LogP contribution in [0.1, 0.15) is 65.2 Å². The molecule has 1 amide bonds. The Balaban J connectivity index is 1.79. The maximum Gasteiger partial charge on any atom is 0.222 e. The third-order valence-electron chi connectivity index (χ3n) is 6.05. The molecule has 0 aromatic heterocycles. The molecule has 1 saturated carbocycles. The molecule has 0 radical (unpaired) electrons. The molecule has 3 heteroatoms. The fourth-order valence-electron chi connectivity index (χ4n) is 4.02. The van der Waals surface area contributed by atoms with Gasteiger partial charge in [0.15, 0.2) is 0 Å². The largest absolute Gasteiger partial charge is 0.342 e. The molecule has 20 heavy (non-hydrogen) atoms. The van der Waals surface area contributed by atoms with Crippen molar-refractivity contribution in [3.8, 4) is 0 Å². The van der Waals surface area contributed by atoms with E-state index in [1.54, 1.807) is 0 Å². The van der Waals surface area contributed by atoms with Crippen LogP contribution in [0.5, 0.6) is 0 Å². The second-order valence-corrected chi connectivity index (χ2v) is 7.10. The second kappa shape index (κ2) is 6.93. The van der Waals surface area contributed by atoms with Crippen molar-refractivity contribution in [2.45, 2.75) is 65.2 Å². The highest BCUT2D eigenvalue weighted by Gasteiger charge is 2.37. The first kappa shape index (κ1) is 15.8. The van der Waals surface area contributed by atoms with Gasteiger partial charge >= 0.3 is 0 Å². The van der Waals surface area contributed by atoms with Crippen LogP contribution in [0, 0.1) is 17.3 Å². The van der Waals surface area contributed by atoms with E-state index in [2.05, 4.69) is 18.7 Å².